The van der Waals surface area contributed by atoms with E-state index >= 15 is 0 Å². The maximum Gasteiger partial charge on any atom is 0.158 e. The second-order valence-corrected chi connectivity index (χ2v) is 12.9. The van der Waals surface area contributed by atoms with Crippen LogP contribution in [-0.2, 0) is 9.84 Å². The fraction of sp³-hybridized carbons (Fsp3) is 0.536. The van der Waals surface area contributed by atoms with Gasteiger partial charge in [-0.1, -0.05) is 27.7 Å². The zero-order valence-electron chi connectivity index (χ0n) is 23.7. The van der Waals surface area contributed by atoms with Gasteiger partial charge in [-0.15, -0.1) is 0 Å². The summed E-state index contributed by atoms with van der Waals surface area (Å²) in [6.07, 6.45) is 6.53. The number of pyridine rings is 2. The Morgan fingerprint density at radius 3 is 2.58 bits per heavy atom. The molecule has 0 amide bonds. The number of aryl methyl sites for hydroxylation is 1. The first-order valence-corrected chi connectivity index (χ1v) is 15.6. The second kappa shape index (κ2) is 11.4. The summed E-state index contributed by atoms with van der Waals surface area (Å²) in [4.78, 5) is 15.5. The molecule has 0 aliphatic rings. The Labute approximate surface area is 226 Å². The molecule has 4 aromatic rings. The van der Waals surface area contributed by atoms with Crippen molar-refractivity contribution < 1.29 is 8.42 Å². The highest BCUT2D eigenvalue weighted by Crippen LogP contribution is 2.37. The molecule has 4 rings (SSSR count). The van der Waals surface area contributed by atoms with Crippen molar-refractivity contribution >= 4 is 32.3 Å². The lowest BCUT2D eigenvalue weighted by atomic mass is 9.95. The molecule has 4 aromatic heterocycles. The second-order valence-electron chi connectivity index (χ2n) is 10.6. The predicted molar refractivity (Wildman–Crippen MR) is 156 cm³/mol. The molecule has 0 saturated carbocycles. The van der Waals surface area contributed by atoms with Crippen LogP contribution in [0.25, 0.3) is 27.9 Å². The van der Waals surface area contributed by atoms with Crippen LogP contribution in [0, 0.1) is 13.8 Å². The SMILES string of the molecule is CC[C@@H](CN(CC)CCCS(C)(=O)=O)Nc1ccc2[nH]c(-c3cn4ncnc4c(C)c3C)c(C(C)C)c2n1. The van der Waals surface area contributed by atoms with E-state index in [0.29, 0.717) is 6.42 Å². The Morgan fingerprint density at radius 1 is 1.16 bits per heavy atom. The number of H-pyrrole nitrogens is 1. The van der Waals surface area contributed by atoms with E-state index in [1.54, 1.807) is 6.33 Å². The maximum absolute atomic E-state index is 11.5. The third-order valence-electron chi connectivity index (χ3n) is 7.41. The van der Waals surface area contributed by atoms with Crippen molar-refractivity contribution in [2.45, 2.75) is 66.3 Å². The smallest absolute Gasteiger partial charge is 0.158 e. The normalized spacial score (nSPS) is 13.3. The summed E-state index contributed by atoms with van der Waals surface area (Å²) in [5, 5.41) is 8.03. The number of aromatic nitrogens is 5. The van der Waals surface area contributed by atoms with Crippen LogP contribution < -0.4 is 5.32 Å². The van der Waals surface area contributed by atoms with Crippen molar-refractivity contribution in [3.05, 3.63) is 41.3 Å². The number of aromatic amines is 1. The van der Waals surface area contributed by atoms with Gasteiger partial charge in [0.15, 0.2) is 5.65 Å². The summed E-state index contributed by atoms with van der Waals surface area (Å²) < 4.78 is 24.9. The fourth-order valence-corrected chi connectivity index (χ4v) is 5.77. The van der Waals surface area contributed by atoms with Gasteiger partial charge in [0.2, 0.25) is 0 Å². The van der Waals surface area contributed by atoms with E-state index < -0.39 is 9.84 Å². The lowest BCUT2D eigenvalue weighted by molar-refractivity contribution is 0.274. The average molecular weight is 540 g/mol. The van der Waals surface area contributed by atoms with Crippen LogP contribution in [0.5, 0.6) is 0 Å². The summed E-state index contributed by atoms with van der Waals surface area (Å²) in [5.41, 5.74) is 8.53. The largest absolute Gasteiger partial charge is 0.366 e. The number of sulfone groups is 1. The van der Waals surface area contributed by atoms with Gasteiger partial charge in [-0.05, 0) is 69.0 Å². The number of hydrogen-bond donors (Lipinski definition) is 2. The van der Waals surface area contributed by atoms with Crippen molar-refractivity contribution in [1.29, 1.82) is 0 Å². The molecule has 0 radical (unpaired) electrons. The van der Waals surface area contributed by atoms with Crippen LogP contribution in [0.1, 0.15) is 63.1 Å². The maximum atomic E-state index is 11.5. The van der Waals surface area contributed by atoms with Crippen LogP contribution in [0.3, 0.4) is 0 Å². The van der Waals surface area contributed by atoms with Gasteiger partial charge >= 0.3 is 0 Å². The summed E-state index contributed by atoms with van der Waals surface area (Å²) in [6.45, 7) is 15.4. The molecule has 0 aromatic carbocycles. The highest BCUT2D eigenvalue weighted by atomic mass is 32.2. The van der Waals surface area contributed by atoms with Crippen molar-refractivity contribution in [2.75, 3.05) is 37.0 Å². The minimum Gasteiger partial charge on any atom is -0.366 e. The van der Waals surface area contributed by atoms with Crippen molar-refractivity contribution in [3.63, 3.8) is 0 Å². The average Bonchev–Trinajstić information content (AvgIpc) is 3.48. The molecule has 0 saturated heterocycles. The molecule has 0 fully saturated rings. The van der Waals surface area contributed by atoms with Crippen LogP contribution >= 0.6 is 0 Å². The van der Waals surface area contributed by atoms with E-state index in [1.165, 1.54) is 17.4 Å². The molecular weight excluding hydrogens is 498 g/mol. The van der Waals surface area contributed by atoms with Gasteiger partial charge in [-0.3, -0.25) is 0 Å². The third-order valence-corrected chi connectivity index (χ3v) is 8.44. The van der Waals surface area contributed by atoms with E-state index in [1.807, 2.05) is 10.6 Å². The molecule has 9 nitrogen and oxygen atoms in total. The van der Waals surface area contributed by atoms with E-state index in [-0.39, 0.29) is 17.7 Å². The van der Waals surface area contributed by atoms with Gasteiger partial charge in [-0.2, -0.15) is 5.10 Å². The van der Waals surface area contributed by atoms with E-state index in [2.05, 4.69) is 79.1 Å². The van der Waals surface area contributed by atoms with Crippen LogP contribution in [0.4, 0.5) is 5.82 Å². The van der Waals surface area contributed by atoms with Gasteiger partial charge in [0.25, 0.3) is 0 Å². The summed E-state index contributed by atoms with van der Waals surface area (Å²) in [6, 6.07) is 4.35. The van der Waals surface area contributed by atoms with Crippen molar-refractivity contribution in [2.24, 2.45) is 0 Å². The molecule has 10 heteroatoms. The Bertz CT molecular complexity index is 1520. The monoisotopic (exact) mass is 539 g/mol. The molecule has 0 spiro atoms. The summed E-state index contributed by atoms with van der Waals surface area (Å²) >= 11 is 0. The van der Waals surface area contributed by atoms with Gasteiger partial charge in [0, 0.05) is 36.2 Å². The molecule has 4 heterocycles. The zero-order valence-corrected chi connectivity index (χ0v) is 24.5. The Morgan fingerprint density at radius 2 is 1.92 bits per heavy atom. The molecule has 38 heavy (non-hydrogen) atoms. The Balaban J connectivity index is 1.63. The minimum atomic E-state index is -2.94. The highest BCUT2D eigenvalue weighted by molar-refractivity contribution is 7.90. The van der Waals surface area contributed by atoms with Crippen LogP contribution in [0.2, 0.25) is 0 Å². The highest BCUT2D eigenvalue weighted by Gasteiger charge is 2.22. The molecule has 0 bridgehead atoms. The standard InChI is InChI=1S/C28H41N7O2S/c1-8-21(15-34(9-2)13-10-14-38(7,36)37)31-24-12-11-23-27(33-24)25(18(3)4)26(32-23)22-16-35-28(29-17-30-35)20(6)19(22)5/h11-12,16-18,21,32H,8-10,13-15H2,1-7H3,(H,31,33)/t21-/m0/s1. The number of likely N-dealkylation sites (N-methyl/N-ethyl adjacent to an activating group) is 1. The quantitative estimate of drug-likeness (QED) is 0.262. The van der Waals surface area contributed by atoms with Gasteiger partial charge in [-0.25, -0.2) is 22.9 Å². The van der Waals surface area contributed by atoms with E-state index in [0.717, 1.165) is 65.4 Å². The lowest BCUT2D eigenvalue weighted by Crippen LogP contribution is -2.37. The number of rotatable bonds is 12. The zero-order chi connectivity index (χ0) is 27.6. The number of fused-ring (bicyclic) bond motifs is 2. The number of hydrogen-bond acceptors (Lipinski definition) is 7. The first-order valence-electron chi connectivity index (χ1n) is 13.5. The molecule has 206 valence electrons. The number of nitrogens with one attached hydrogen (secondary N) is 2. The minimum absolute atomic E-state index is 0.207. The Kier molecular flexibility index (Phi) is 8.42. The van der Waals surface area contributed by atoms with E-state index in [4.69, 9.17) is 4.98 Å². The topological polar surface area (TPSA) is 108 Å². The van der Waals surface area contributed by atoms with E-state index in [9.17, 15) is 8.42 Å². The van der Waals surface area contributed by atoms with Crippen molar-refractivity contribution in [1.82, 2.24) is 29.5 Å². The third kappa shape index (κ3) is 6.02. The molecule has 0 aliphatic carbocycles. The molecular formula is C28H41N7O2S. The number of nitrogens with zero attached hydrogens (tertiary/aromatic N) is 5. The first-order chi connectivity index (χ1) is 18.0. The van der Waals surface area contributed by atoms with Crippen molar-refractivity contribution in [3.8, 4) is 11.3 Å². The molecule has 1 atom stereocenters. The molecule has 0 aliphatic heterocycles. The Hall–Kier alpha value is -2.98. The fourth-order valence-electron chi connectivity index (χ4n) is 5.12. The molecule has 0 unspecified atom stereocenters. The van der Waals surface area contributed by atoms with Gasteiger partial charge in [0.1, 0.15) is 22.0 Å². The number of anilines is 1. The van der Waals surface area contributed by atoms with Gasteiger partial charge in [0.05, 0.1) is 22.5 Å². The van der Waals surface area contributed by atoms with Crippen LogP contribution in [-0.4, -0.2) is 75.6 Å². The van der Waals surface area contributed by atoms with Crippen LogP contribution in [0.15, 0.2) is 24.7 Å². The summed E-state index contributed by atoms with van der Waals surface area (Å²) in [7, 11) is -2.94. The first kappa shape index (κ1) is 28.0. The predicted octanol–water partition coefficient (Wildman–Crippen LogP) is 4.96. The summed E-state index contributed by atoms with van der Waals surface area (Å²) in [5.74, 6) is 1.34. The van der Waals surface area contributed by atoms with Gasteiger partial charge < -0.3 is 15.2 Å². The molecule has 2 N–H and O–H groups in total. The lowest BCUT2D eigenvalue weighted by Gasteiger charge is -2.27.